The van der Waals surface area contributed by atoms with E-state index < -0.39 is 22.8 Å². The zero-order valence-corrected chi connectivity index (χ0v) is 10.6. The highest BCUT2D eigenvalue weighted by atomic mass is 35.5. The number of halogens is 4. The van der Waals surface area contributed by atoms with E-state index >= 15 is 0 Å². The van der Waals surface area contributed by atoms with Gasteiger partial charge in [-0.1, -0.05) is 12.8 Å². The molecule has 0 spiro atoms. The lowest BCUT2D eigenvalue weighted by atomic mass is 10.0. The first-order valence-corrected chi connectivity index (χ1v) is 6.81. The summed E-state index contributed by atoms with van der Waals surface area (Å²) >= 11 is 6.24. The zero-order valence-electron chi connectivity index (χ0n) is 9.80. The molecule has 3 rings (SSSR count). The van der Waals surface area contributed by atoms with Gasteiger partial charge in [-0.2, -0.15) is 0 Å². The van der Waals surface area contributed by atoms with E-state index in [-0.39, 0.29) is 11.5 Å². The highest BCUT2D eigenvalue weighted by Crippen LogP contribution is 2.62. The van der Waals surface area contributed by atoms with Gasteiger partial charge in [-0.05, 0) is 30.6 Å². The van der Waals surface area contributed by atoms with Crippen molar-refractivity contribution in [2.24, 2.45) is 17.8 Å². The Bertz CT molecular complexity index is 439. The van der Waals surface area contributed by atoms with Crippen LogP contribution in [0.2, 0.25) is 0 Å². The first-order chi connectivity index (χ1) is 8.59. The molecular formula is C14H14ClF3. The number of hydrogen-bond acceptors (Lipinski definition) is 0. The Morgan fingerprint density at radius 3 is 2.00 bits per heavy atom. The first kappa shape index (κ1) is 12.3. The summed E-state index contributed by atoms with van der Waals surface area (Å²) in [4.78, 5) is 0. The molecule has 0 saturated heterocycles. The maximum atomic E-state index is 13.7. The lowest BCUT2D eigenvalue weighted by Gasteiger charge is -2.12. The second-order valence-electron chi connectivity index (χ2n) is 5.37. The van der Waals surface area contributed by atoms with Crippen LogP contribution in [-0.2, 0) is 0 Å². The van der Waals surface area contributed by atoms with Crippen molar-refractivity contribution in [3.8, 4) is 0 Å². The molecule has 3 atom stereocenters. The number of benzene rings is 1. The smallest absolute Gasteiger partial charge is 0.133 e. The fourth-order valence-electron chi connectivity index (χ4n) is 3.49. The standard InChI is InChI=1S/C14H14ClF3/c15-14(12-8-3-1-2-4-9(8)12)13-10(17)5-7(16)6-11(13)18/h5-6,8-9,12,14H,1-4H2. The fraction of sp³-hybridized carbons (Fsp3) is 0.571. The summed E-state index contributed by atoms with van der Waals surface area (Å²) in [5, 5.41) is -0.668. The largest absolute Gasteiger partial charge is 0.207 e. The molecule has 2 aliphatic carbocycles. The third-order valence-corrected chi connectivity index (χ3v) is 4.89. The monoisotopic (exact) mass is 274 g/mol. The highest BCUT2D eigenvalue weighted by molar-refractivity contribution is 6.21. The highest BCUT2D eigenvalue weighted by Gasteiger charge is 2.54. The Morgan fingerprint density at radius 1 is 1.00 bits per heavy atom. The molecule has 0 aromatic heterocycles. The van der Waals surface area contributed by atoms with Crippen LogP contribution in [0, 0.1) is 35.2 Å². The van der Waals surface area contributed by atoms with Crippen LogP contribution >= 0.6 is 11.6 Å². The summed E-state index contributed by atoms with van der Waals surface area (Å²) in [7, 11) is 0. The molecule has 4 heteroatoms. The van der Waals surface area contributed by atoms with E-state index in [1.165, 1.54) is 12.8 Å². The van der Waals surface area contributed by atoms with Gasteiger partial charge in [0.05, 0.1) is 5.38 Å². The van der Waals surface area contributed by atoms with Crippen LogP contribution < -0.4 is 0 Å². The summed E-state index contributed by atoms with van der Waals surface area (Å²) in [5.41, 5.74) is -0.155. The van der Waals surface area contributed by atoms with Crippen LogP contribution in [0.3, 0.4) is 0 Å². The summed E-state index contributed by atoms with van der Waals surface area (Å²) in [6.45, 7) is 0. The van der Waals surface area contributed by atoms with Gasteiger partial charge in [-0.25, -0.2) is 13.2 Å². The van der Waals surface area contributed by atoms with Crippen molar-refractivity contribution in [3.05, 3.63) is 35.1 Å². The molecule has 18 heavy (non-hydrogen) atoms. The van der Waals surface area contributed by atoms with Crippen LogP contribution in [-0.4, -0.2) is 0 Å². The van der Waals surface area contributed by atoms with Gasteiger partial charge in [0.2, 0.25) is 0 Å². The van der Waals surface area contributed by atoms with E-state index in [1.54, 1.807) is 0 Å². The maximum Gasteiger partial charge on any atom is 0.133 e. The van der Waals surface area contributed by atoms with E-state index in [0.717, 1.165) is 12.8 Å². The SMILES string of the molecule is Fc1cc(F)c(C(Cl)C2C3CCCCC32)c(F)c1. The summed E-state index contributed by atoms with van der Waals surface area (Å²) in [5.74, 6) is -1.46. The molecule has 0 radical (unpaired) electrons. The molecule has 2 saturated carbocycles. The number of fused-ring (bicyclic) bond motifs is 1. The van der Waals surface area contributed by atoms with Crippen molar-refractivity contribution >= 4 is 11.6 Å². The molecule has 1 aromatic rings. The van der Waals surface area contributed by atoms with Crippen molar-refractivity contribution in [2.75, 3.05) is 0 Å². The van der Waals surface area contributed by atoms with E-state index in [2.05, 4.69) is 0 Å². The van der Waals surface area contributed by atoms with E-state index in [0.29, 0.717) is 24.0 Å². The second-order valence-corrected chi connectivity index (χ2v) is 5.84. The zero-order chi connectivity index (χ0) is 12.9. The topological polar surface area (TPSA) is 0 Å². The third kappa shape index (κ3) is 1.93. The van der Waals surface area contributed by atoms with Crippen molar-refractivity contribution in [1.29, 1.82) is 0 Å². The fourth-order valence-corrected chi connectivity index (χ4v) is 4.07. The molecule has 0 bridgehead atoms. The lowest BCUT2D eigenvalue weighted by molar-refractivity contribution is 0.480. The van der Waals surface area contributed by atoms with Gasteiger partial charge >= 0.3 is 0 Å². The van der Waals surface area contributed by atoms with Crippen LogP contribution in [0.15, 0.2) is 12.1 Å². The maximum absolute atomic E-state index is 13.7. The van der Waals surface area contributed by atoms with Crippen molar-refractivity contribution in [1.82, 2.24) is 0 Å². The van der Waals surface area contributed by atoms with Gasteiger partial charge in [-0.15, -0.1) is 11.6 Å². The minimum Gasteiger partial charge on any atom is -0.207 e. The second kappa shape index (κ2) is 4.44. The minimum atomic E-state index is -0.897. The van der Waals surface area contributed by atoms with Crippen molar-refractivity contribution in [3.63, 3.8) is 0 Å². The quantitative estimate of drug-likeness (QED) is 0.678. The summed E-state index contributed by atoms with van der Waals surface area (Å²) in [6.07, 6.45) is 4.55. The molecule has 0 aliphatic heterocycles. The Balaban J connectivity index is 1.87. The van der Waals surface area contributed by atoms with E-state index in [9.17, 15) is 13.2 Å². The number of hydrogen-bond donors (Lipinski definition) is 0. The molecule has 98 valence electrons. The Kier molecular flexibility index (Phi) is 3.05. The molecule has 3 unspecified atom stereocenters. The normalized spacial score (nSPS) is 31.9. The Hall–Kier alpha value is -0.700. The van der Waals surface area contributed by atoms with Crippen molar-refractivity contribution < 1.29 is 13.2 Å². The molecule has 0 heterocycles. The summed E-state index contributed by atoms with van der Waals surface area (Å²) in [6, 6.07) is 1.42. The van der Waals surface area contributed by atoms with Crippen LogP contribution in [0.25, 0.3) is 0 Å². The van der Waals surface area contributed by atoms with Gasteiger partial charge < -0.3 is 0 Å². The molecule has 0 amide bonds. The summed E-state index contributed by atoms with van der Waals surface area (Å²) < 4.78 is 40.2. The number of alkyl halides is 1. The molecular weight excluding hydrogens is 261 g/mol. The van der Waals surface area contributed by atoms with Gasteiger partial charge in [0, 0.05) is 17.7 Å². The average Bonchev–Trinajstić information content (AvgIpc) is 3.01. The predicted molar refractivity (Wildman–Crippen MR) is 63.8 cm³/mol. The van der Waals surface area contributed by atoms with Crippen LogP contribution in [0.4, 0.5) is 13.2 Å². The number of rotatable bonds is 2. The van der Waals surface area contributed by atoms with Gasteiger partial charge in [0.15, 0.2) is 0 Å². The molecule has 1 aromatic carbocycles. The minimum absolute atomic E-state index is 0.155. The predicted octanol–water partition coefficient (Wildman–Crippen LogP) is 4.82. The van der Waals surface area contributed by atoms with Gasteiger partial charge in [0.1, 0.15) is 17.5 Å². The molecule has 0 nitrogen and oxygen atoms in total. The molecule has 2 aliphatic rings. The van der Waals surface area contributed by atoms with Crippen LogP contribution in [0.1, 0.15) is 36.6 Å². The van der Waals surface area contributed by atoms with Gasteiger partial charge in [0.25, 0.3) is 0 Å². The molecule has 2 fully saturated rings. The van der Waals surface area contributed by atoms with Crippen molar-refractivity contribution in [2.45, 2.75) is 31.1 Å². The van der Waals surface area contributed by atoms with Crippen LogP contribution in [0.5, 0.6) is 0 Å². The van der Waals surface area contributed by atoms with Gasteiger partial charge in [-0.3, -0.25) is 0 Å². The van der Waals surface area contributed by atoms with E-state index in [4.69, 9.17) is 11.6 Å². The lowest BCUT2D eigenvalue weighted by Crippen LogP contribution is -2.04. The van der Waals surface area contributed by atoms with E-state index in [1.807, 2.05) is 0 Å². The Labute approximate surface area is 109 Å². The first-order valence-electron chi connectivity index (χ1n) is 6.38. The molecule has 0 N–H and O–H groups in total. The third-order valence-electron chi connectivity index (χ3n) is 4.38. The average molecular weight is 275 g/mol. The Morgan fingerprint density at radius 2 is 1.50 bits per heavy atom.